The van der Waals surface area contributed by atoms with E-state index in [2.05, 4.69) is 0 Å². The molecule has 4 N–H and O–H groups in total. The summed E-state index contributed by atoms with van der Waals surface area (Å²) in [4.78, 5) is 10.9. The van der Waals surface area contributed by atoms with Gasteiger partial charge in [0.25, 0.3) is 0 Å². The van der Waals surface area contributed by atoms with E-state index >= 15 is 0 Å². The molecule has 4 nitrogen and oxygen atoms in total. The van der Waals surface area contributed by atoms with Crippen LogP contribution in [0.2, 0.25) is 0 Å². The smallest absolute Gasteiger partial charge is 0.345 e. The quantitative estimate of drug-likeness (QED) is 0.494. The van der Waals surface area contributed by atoms with Crippen LogP contribution in [0.1, 0.15) is 9.67 Å². The number of phenolic OH excluding ortho intramolecular Hbond substituents is 1. The van der Waals surface area contributed by atoms with Crippen LogP contribution in [-0.2, 0) is 0 Å². The Balaban J connectivity index is 2.82. The summed E-state index contributed by atoms with van der Waals surface area (Å²) in [6.45, 7) is 0. The summed E-state index contributed by atoms with van der Waals surface area (Å²) < 4.78 is 0.516. The molecule has 0 aliphatic rings. The van der Waals surface area contributed by atoms with Crippen molar-refractivity contribution in [2.75, 3.05) is 5.73 Å². The van der Waals surface area contributed by atoms with Gasteiger partial charge in [0.15, 0.2) is 0 Å². The molecule has 2 aromatic rings. The Kier molecular flexibility index (Phi) is 1.82. The summed E-state index contributed by atoms with van der Waals surface area (Å²) in [5, 5.41) is 18.8. The zero-order valence-corrected chi connectivity index (χ0v) is 7.84. The van der Waals surface area contributed by atoms with Gasteiger partial charge < -0.3 is 15.9 Å². The van der Waals surface area contributed by atoms with Crippen molar-refractivity contribution in [1.82, 2.24) is 0 Å². The SMILES string of the molecule is Nc1ccc(O)c2sc(C(=O)O)cc12. The predicted molar refractivity (Wildman–Crippen MR) is 54.9 cm³/mol. The Bertz CT molecular complexity index is 479. The largest absolute Gasteiger partial charge is 0.506 e. The van der Waals surface area contributed by atoms with Gasteiger partial charge in [-0.3, -0.25) is 0 Å². The average Bonchev–Trinajstić information content (AvgIpc) is 2.57. The number of rotatable bonds is 1. The molecule has 0 aliphatic carbocycles. The van der Waals surface area contributed by atoms with Crippen LogP contribution < -0.4 is 5.73 Å². The second-order valence-corrected chi connectivity index (χ2v) is 3.88. The van der Waals surface area contributed by atoms with Gasteiger partial charge in [-0.25, -0.2) is 4.79 Å². The van der Waals surface area contributed by atoms with E-state index in [1.54, 1.807) is 6.07 Å². The van der Waals surface area contributed by atoms with Crippen LogP contribution >= 0.6 is 11.3 Å². The first-order chi connectivity index (χ1) is 6.59. The number of carboxylic acids is 1. The highest BCUT2D eigenvalue weighted by Crippen LogP contribution is 2.36. The number of nitrogen functional groups attached to an aromatic ring is 1. The molecule has 14 heavy (non-hydrogen) atoms. The molecule has 0 spiro atoms. The topological polar surface area (TPSA) is 83.5 Å². The number of fused-ring (bicyclic) bond motifs is 1. The van der Waals surface area contributed by atoms with Crippen LogP contribution in [0.3, 0.4) is 0 Å². The Morgan fingerprint density at radius 1 is 1.43 bits per heavy atom. The first kappa shape index (κ1) is 8.83. The van der Waals surface area contributed by atoms with Gasteiger partial charge >= 0.3 is 5.97 Å². The number of hydrogen-bond acceptors (Lipinski definition) is 4. The number of phenols is 1. The molecule has 0 amide bonds. The fourth-order valence-corrected chi connectivity index (χ4v) is 2.18. The Hall–Kier alpha value is -1.75. The number of hydrogen-bond donors (Lipinski definition) is 3. The van der Waals surface area contributed by atoms with Crippen LogP contribution in [0.25, 0.3) is 10.1 Å². The number of benzene rings is 1. The molecule has 0 bridgehead atoms. The van der Waals surface area contributed by atoms with E-state index in [1.165, 1.54) is 12.1 Å². The molecule has 0 radical (unpaired) electrons. The van der Waals surface area contributed by atoms with E-state index in [0.29, 0.717) is 15.8 Å². The summed E-state index contributed by atoms with van der Waals surface area (Å²) in [6, 6.07) is 4.48. The lowest BCUT2D eigenvalue weighted by Gasteiger charge is -1.96. The van der Waals surface area contributed by atoms with Crippen molar-refractivity contribution in [3.8, 4) is 5.75 Å². The first-order valence-electron chi connectivity index (χ1n) is 3.84. The molecule has 0 fully saturated rings. The van der Waals surface area contributed by atoms with Crippen LogP contribution in [0.15, 0.2) is 18.2 Å². The lowest BCUT2D eigenvalue weighted by molar-refractivity contribution is 0.0702. The van der Waals surface area contributed by atoms with Crippen LogP contribution in [0, 0.1) is 0 Å². The molecular weight excluding hydrogens is 202 g/mol. The zero-order chi connectivity index (χ0) is 10.3. The summed E-state index contributed by atoms with van der Waals surface area (Å²) in [5.74, 6) is -0.947. The summed E-state index contributed by atoms with van der Waals surface area (Å²) >= 11 is 1.02. The van der Waals surface area contributed by atoms with Gasteiger partial charge in [0.2, 0.25) is 0 Å². The number of carbonyl (C=O) groups is 1. The molecule has 0 unspecified atom stereocenters. The van der Waals surface area contributed by atoms with E-state index in [9.17, 15) is 9.90 Å². The molecule has 0 saturated heterocycles. The number of aromatic carboxylic acids is 1. The minimum atomic E-state index is -1.01. The lowest BCUT2D eigenvalue weighted by Crippen LogP contribution is -1.89. The number of thiophene rings is 1. The molecule has 1 aromatic heterocycles. The summed E-state index contributed by atoms with van der Waals surface area (Å²) in [6.07, 6.45) is 0. The van der Waals surface area contributed by atoms with E-state index in [0.717, 1.165) is 11.3 Å². The van der Waals surface area contributed by atoms with E-state index in [1.807, 2.05) is 0 Å². The van der Waals surface area contributed by atoms with E-state index in [-0.39, 0.29) is 10.6 Å². The Morgan fingerprint density at radius 3 is 2.71 bits per heavy atom. The maximum atomic E-state index is 10.7. The third kappa shape index (κ3) is 1.18. The minimum absolute atomic E-state index is 0.0618. The molecule has 0 aliphatic heterocycles. The third-order valence-corrected chi connectivity index (χ3v) is 3.05. The second-order valence-electron chi connectivity index (χ2n) is 2.83. The zero-order valence-electron chi connectivity index (χ0n) is 7.02. The van der Waals surface area contributed by atoms with Crippen molar-refractivity contribution in [3.63, 3.8) is 0 Å². The summed E-state index contributed by atoms with van der Waals surface area (Å²) in [5.41, 5.74) is 6.11. The van der Waals surface area contributed by atoms with Crippen molar-refractivity contribution in [3.05, 3.63) is 23.1 Å². The molecule has 5 heteroatoms. The lowest BCUT2D eigenvalue weighted by atomic mass is 10.2. The number of carboxylic acid groups (broad SMARTS) is 1. The molecule has 1 heterocycles. The van der Waals surface area contributed by atoms with Crippen molar-refractivity contribution >= 4 is 33.1 Å². The fourth-order valence-electron chi connectivity index (χ4n) is 1.24. The highest BCUT2D eigenvalue weighted by molar-refractivity contribution is 7.21. The first-order valence-corrected chi connectivity index (χ1v) is 4.65. The maximum absolute atomic E-state index is 10.7. The molecule has 0 atom stereocenters. The second kappa shape index (κ2) is 2.88. The summed E-state index contributed by atoms with van der Waals surface area (Å²) in [7, 11) is 0. The van der Waals surface area contributed by atoms with Crippen molar-refractivity contribution in [2.24, 2.45) is 0 Å². The van der Waals surface area contributed by atoms with Crippen LogP contribution in [0.4, 0.5) is 5.69 Å². The van der Waals surface area contributed by atoms with E-state index in [4.69, 9.17) is 10.8 Å². The number of nitrogens with two attached hydrogens (primary N) is 1. The van der Waals surface area contributed by atoms with Crippen molar-refractivity contribution in [1.29, 1.82) is 0 Å². The normalized spacial score (nSPS) is 10.6. The highest BCUT2D eigenvalue weighted by Gasteiger charge is 2.12. The molecular formula is C9H7NO3S. The maximum Gasteiger partial charge on any atom is 0.345 e. The highest BCUT2D eigenvalue weighted by atomic mass is 32.1. The molecule has 2 rings (SSSR count). The van der Waals surface area contributed by atoms with Gasteiger partial charge in [-0.1, -0.05) is 0 Å². The van der Waals surface area contributed by atoms with Crippen molar-refractivity contribution < 1.29 is 15.0 Å². The number of aromatic hydroxyl groups is 1. The minimum Gasteiger partial charge on any atom is -0.506 e. The van der Waals surface area contributed by atoms with Gasteiger partial charge in [0.05, 0.1) is 4.70 Å². The predicted octanol–water partition coefficient (Wildman–Crippen LogP) is 1.89. The Morgan fingerprint density at radius 2 is 2.14 bits per heavy atom. The van der Waals surface area contributed by atoms with Gasteiger partial charge in [-0.05, 0) is 18.2 Å². The standard InChI is InChI=1S/C9H7NO3S/c10-5-1-2-6(11)8-4(5)3-7(14-8)9(12)13/h1-3,11H,10H2,(H,12,13). The fraction of sp³-hybridized carbons (Fsp3) is 0. The number of anilines is 1. The van der Waals surface area contributed by atoms with Gasteiger partial charge in [-0.2, -0.15) is 0 Å². The molecule has 1 aromatic carbocycles. The Labute approximate surface area is 83.2 Å². The molecule has 72 valence electrons. The monoisotopic (exact) mass is 209 g/mol. The average molecular weight is 209 g/mol. The molecule has 0 saturated carbocycles. The third-order valence-electron chi connectivity index (χ3n) is 1.91. The van der Waals surface area contributed by atoms with Gasteiger partial charge in [-0.15, -0.1) is 11.3 Å². The van der Waals surface area contributed by atoms with Crippen LogP contribution in [0.5, 0.6) is 5.75 Å². The van der Waals surface area contributed by atoms with Gasteiger partial charge in [0, 0.05) is 11.1 Å². The van der Waals surface area contributed by atoms with Gasteiger partial charge in [0.1, 0.15) is 10.6 Å². The van der Waals surface area contributed by atoms with Crippen LogP contribution in [-0.4, -0.2) is 16.2 Å². The van der Waals surface area contributed by atoms with E-state index < -0.39 is 5.97 Å². The van der Waals surface area contributed by atoms with Crippen molar-refractivity contribution in [2.45, 2.75) is 0 Å².